The van der Waals surface area contributed by atoms with Crippen LogP contribution in [0.4, 0.5) is 0 Å². The van der Waals surface area contributed by atoms with Crippen molar-refractivity contribution in [3.05, 3.63) is 65.9 Å². The Morgan fingerprint density at radius 3 is 2.53 bits per heavy atom. The molecular formula is C24H29ClN2O3. The number of amides is 1. The fraction of sp³-hybridized carbons (Fsp3) is 0.375. The van der Waals surface area contributed by atoms with Gasteiger partial charge in [0.05, 0.1) is 0 Å². The van der Waals surface area contributed by atoms with E-state index in [0.29, 0.717) is 18.3 Å². The van der Waals surface area contributed by atoms with E-state index in [1.807, 2.05) is 66.5 Å². The summed E-state index contributed by atoms with van der Waals surface area (Å²) in [5, 5.41) is 4.16. The molecule has 1 amide bonds. The number of rotatable bonds is 7. The lowest BCUT2D eigenvalue weighted by atomic mass is 9.93. The maximum Gasteiger partial charge on any atom is 0.290 e. The summed E-state index contributed by atoms with van der Waals surface area (Å²) in [4.78, 5) is 15.2. The summed E-state index contributed by atoms with van der Waals surface area (Å²) >= 11 is 0. The molecule has 6 heteroatoms. The summed E-state index contributed by atoms with van der Waals surface area (Å²) in [6.45, 7) is 2.90. The molecule has 30 heavy (non-hydrogen) atoms. The van der Waals surface area contributed by atoms with Crippen molar-refractivity contribution in [3.63, 3.8) is 0 Å². The number of hydrogen-bond donors (Lipinski definition) is 1. The van der Waals surface area contributed by atoms with Crippen LogP contribution in [0.3, 0.4) is 0 Å². The molecule has 1 saturated heterocycles. The van der Waals surface area contributed by atoms with Crippen LogP contribution >= 0.6 is 12.4 Å². The number of benzene rings is 2. The maximum atomic E-state index is 13.3. The van der Waals surface area contributed by atoms with E-state index in [0.717, 1.165) is 54.8 Å². The Kier molecular flexibility index (Phi) is 7.77. The molecule has 0 unspecified atom stereocenters. The minimum absolute atomic E-state index is 0. The summed E-state index contributed by atoms with van der Waals surface area (Å²) < 4.78 is 12.0. The first-order valence-electron chi connectivity index (χ1n) is 10.4. The first-order valence-corrected chi connectivity index (χ1v) is 10.4. The van der Waals surface area contributed by atoms with Crippen LogP contribution in [0.2, 0.25) is 0 Å². The van der Waals surface area contributed by atoms with Gasteiger partial charge in [0.1, 0.15) is 17.9 Å². The Labute approximate surface area is 183 Å². The Morgan fingerprint density at radius 1 is 1.10 bits per heavy atom. The SMILES string of the molecule is CNCCC1CCN(C(=O)c2oc3ccccc3c2COc2ccccc2)CC1.Cl. The van der Waals surface area contributed by atoms with Gasteiger partial charge >= 0.3 is 0 Å². The predicted molar refractivity (Wildman–Crippen MR) is 121 cm³/mol. The third-order valence-corrected chi connectivity index (χ3v) is 5.72. The molecule has 0 radical (unpaired) electrons. The molecule has 1 aliphatic heterocycles. The number of nitrogens with zero attached hydrogens (tertiary/aromatic N) is 1. The second-order valence-electron chi connectivity index (χ2n) is 7.64. The third kappa shape index (κ3) is 4.97. The smallest absolute Gasteiger partial charge is 0.290 e. The first-order chi connectivity index (χ1) is 14.3. The van der Waals surface area contributed by atoms with Crippen molar-refractivity contribution in [2.24, 2.45) is 5.92 Å². The van der Waals surface area contributed by atoms with E-state index in [4.69, 9.17) is 9.15 Å². The van der Waals surface area contributed by atoms with Crippen molar-refractivity contribution >= 4 is 29.3 Å². The van der Waals surface area contributed by atoms with Gasteiger partial charge in [0.25, 0.3) is 5.91 Å². The highest BCUT2D eigenvalue weighted by Crippen LogP contribution is 2.30. The van der Waals surface area contributed by atoms with Crippen molar-refractivity contribution in [2.45, 2.75) is 25.9 Å². The van der Waals surface area contributed by atoms with Gasteiger partial charge in [-0.2, -0.15) is 0 Å². The minimum atomic E-state index is -0.0278. The summed E-state index contributed by atoms with van der Waals surface area (Å²) in [5.41, 5.74) is 1.55. The number of likely N-dealkylation sites (tertiary alicyclic amines) is 1. The Bertz CT molecular complexity index is 949. The molecule has 1 fully saturated rings. The summed E-state index contributed by atoms with van der Waals surface area (Å²) in [7, 11) is 1.99. The topological polar surface area (TPSA) is 54.7 Å². The number of fused-ring (bicyclic) bond motifs is 1. The van der Waals surface area contributed by atoms with Gasteiger partial charge in [-0.15, -0.1) is 12.4 Å². The van der Waals surface area contributed by atoms with Gasteiger partial charge in [-0.3, -0.25) is 4.79 Å². The Balaban J connectivity index is 0.00000256. The fourth-order valence-electron chi connectivity index (χ4n) is 4.00. The minimum Gasteiger partial charge on any atom is -0.489 e. The third-order valence-electron chi connectivity index (χ3n) is 5.72. The van der Waals surface area contributed by atoms with Gasteiger partial charge in [0.15, 0.2) is 5.76 Å². The van der Waals surface area contributed by atoms with Crippen LogP contribution in [0, 0.1) is 5.92 Å². The van der Waals surface area contributed by atoms with Crippen molar-refractivity contribution in [3.8, 4) is 5.75 Å². The number of nitrogens with one attached hydrogen (secondary N) is 1. The highest BCUT2D eigenvalue weighted by atomic mass is 35.5. The van der Waals surface area contributed by atoms with Crippen LogP contribution in [0.5, 0.6) is 5.75 Å². The normalized spacial score (nSPS) is 14.5. The zero-order chi connectivity index (χ0) is 20.1. The molecule has 2 heterocycles. The summed E-state index contributed by atoms with van der Waals surface area (Å²) in [6.07, 6.45) is 3.26. The molecule has 0 spiro atoms. The molecule has 3 aromatic rings. The van der Waals surface area contributed by atoms with Gasteiger partial charge in [-0.1, -0.05) is 36.4 Å². The number of piperidine rings is 1. The molecule has 160 valence electrons. The number of carbonyl (C=O) groups is 1. The van der Waals surface area contributed by atoms with E-state index in [9.17, 15) is 4.79 Å². The van der Waals surface area contributed by atoms with Crippen molar-refractivity contribution in [1.82, 2.24) is 10.2 Å². The van der Waals surface area contributed by atoms with E-state index in [2.05, 4.69) is 5.32 Å². The van der Waals surface area contributed by atoms with Crippen molar-refractivity contribution in [2.75, 3.05) is 26.7 Å². The molecule has 2 aromatic carbocycles. The molecule has 0 saturated carbocycles. The number of halogens is 1. The van der Waals surface area contributed by atoms with Gasteiger partial charge in [0, 0.05) is 24.0 Å². The number of carbonyl (C=O) groups excluding carboxylic acids is 1. The van der Waals surface area contributed by atoms with Gasteiger partial charge < -0.3 is 19.4 Å². The number of ether oxygens (including phenoxy) is 1. The molecule has 1 N–H and O–H groups in total. The second-order valence-corrected chi connectivity index (χ2v) is 7.64. The van der Waals surface area contributed by atoms with Crippen molar-refractivity contribution < 1.29 is 13.9 Å². The van der Waals surface area contributed by atoms with Crippen LogP contribution < -0.4 is 10.1 Å². The standard InChI is InChI=1S/C24H28N2O3.ClH/c1-25-14-11-18-12-15-26(16-13-18)24(27)23-21(17-28-19-7-3-2-4-8-19)20-9-5-6-10-22(20)29-23;/h2-10,18,25H,11-17H2,1H3;1H. The lowest BCUT2D eigenvalue weighted by molar-refractivity contribution is 0.0654. The maximum absolute atomic E-state index is 13.3. The number of hydrogen-bond acceptors (Lipinski definition) is 4. The van der Waals surface area contributed by atoms with Gasteiger partial charge in [-0.25, -0.2) is 0 Å². The molecule has 0 aliphatic carbocycles. The highest BCUT2D eigenvalue weighted by Gasteiger charge is 2.28. The van der Waals surface area contributed by atoms with Crippen LogP contribution in [-0.4, -0.2) is 37.5 Å². The number of furan rings is 1. The van der Waals surface area contributed by atoms with E-state index in [1.54, 1.807) is 0 Å². The largest absolute Gasteiger partial charge is 0.489 e. The first kappa shape index (κ1) is 22.2. The molecule has 0 bridgehead atoms. The van der Waals surface area contributed by atoms with Crippen LogP contribution in [-0.2, 0) is 6.61 Å². The molecule has 1 aliphatic rings. The fourth-order valence-corrected chi connectivity index (χ4v) is 4.00. The van der Waals surface area contributed by atoms with E-state index >= 15 is 0 Å². The summed E-state index contributed by atoms with van der Waals surface area (Å²) in [5.74, 6) is 1.85. The Morgan fingerprint density at radius 2 is 1.80 bits per heavy atom. The molecule has 4 rings (SSSR count). The molecule has 5 nitrogen and oxygen atoms in total. The lowest BCUT2D eigenvalue weighted by Gasteiger charge is -2.31. The van der Waals surface area contributed by atoms with Crippen LogP contribution in [0.1, 0.15) is 35.4 Å². The Hall–Kier alpha value is -2.50. The quantitative estimate of drug-likeness (QED) is 0.581. The lowest BCUT2D eigenvalue weighted by Crippen LogP contribution is -2.39. The van der Waals surface area contributed by atoms with E-state index in [-0.39, 0.29) is 18.3 Å². The predicted octanol–water partition coefficient (Wildman–Crippen LogP) is 4.90. The van der Waals surface area contributed by atoms with Crippen LogP contribution in [0.15, 0.2) is 59.0 Å². The van der Waals surface area contributed by atoms with Crippen molar-refractivity contribution in [1.29, 1.82) is 0 Å². The van der Waals surface area contributed by atoms with E-state index in [1.165, 1.54) is 6.42 Å². The van der Waals surface area contributed by atoms with Gasteiger partial charge in [-0.05, 0) is 57.0 Å². The molecule has 0 atom stereocenters. The molecular weight excluding hydrogens is 400 g/mol. The average Bonchev–Trinajstić information content (AvgIpc) is 3.15. The second kappa shape index (κ2) is 10.5. The zero-order valence-corrected chi connectivity index (χ0v) is 18.1. The monoisotopic (exact) mass is 428 g/mol. The van der Waals surface area contributed by atoms with Crippen LogP contribution in [0.25, 0.3) is 11.0 Å². The zero-order valence-electron chi connectivity index (χ0n) is 17.3. The average molecular weight is 429 g/mol. The van der Waals surface area contributed by atoms with Gasteiger partial charge in [0.2, 0.25) is 0 Å². The summed E-state index contributed by atoms with van der Waals surface area (Å²) in [6, 6.07) is 17.4. The molecule has 1 aromatic heterocycles. The number of para-hydroxylation sites is 2. The highest BCUT2D eigenvalue weighted by molar-refractivity contribution is 5.99. The van der Waals surface area contributed by atoms with E-state index < -0.39 is 0 Å².